The Balaban J connectivity index is 1.88. The summed E-state index contributed by atoms with van der Waals surface area (Å²) in [5.41, 5.74) is 2.29. The lowest BCUT2D eigenvalue weighted by molar-refractivity contribution is 0.613. The van der Waals surface area contributed by atoms with Crippen LogP contribution in [0.1, 0.15) is 5.56 Å². The molecule has 0 saturated heterocycles. The lowest BCUT2D eigenvalue weighted by Gasteiger charge is -2.09. The third kappa shape index (κ3) is 2.27. The molecule has 0 aliphatic rings. The molecule has 0 fully saturated rings. The second-order valence-corrected chi connectivity index (χ2v) is 4.60. The van der Waals surface area contributed by atoms with Crippen LogP contribution in [0.4, 0.5) is 10.1 Å². The second-order valence-electron chi connectivity index (χ2n) is 4.19. The number of benzene rings is 2. The summed E-state index contributed by atoms with van der Waals surface area (Å²) < 4.78 is 13.7. The van der Waals surface area contributed by atoms with Crippen LogP contribution in [0, 0.1) is 5.82 Å². The number of hydrogen-bond acceptors (Lipinski definition) is 2. The van der Waals surface area contributed by atoms with E-state index in [1.165, 1.54) is 6.07 Å². The molecule has 3 aromatic rings. The van der Waals surface area contributed by atoms with Gasteiger partial charge in [-0.05, 0) is 24.3 Å². The Morgan fingerprint density at radius 3 is 2.89 bits per heavy atom. The predicted octanol–water partition coefficient (Wildman–Crippen LogP) is 3.97. The van der Waals surface area contributed by atoms with Crippen molar-refractivity contribution >= 4 is 28.2 Å². The number of anilines is 1. The van der Waals surface area contributed by atoms with Crippen LogP contribution in [0.25, 0.3) is 10.9 Å². The molecule has 5 heteroatoms. The van der Waals surface area contributed by atoms with E-state index in [4.69, 9.17) is 11.6 Å². The molecule has 0 atom stereocenters. The SMILES string of the molecule is Fc1cccc(Cl)c1CNc1cccc2[nH]ncc12. The summed E-state index contributed by atoms with van der Waals surface area (Å²) in [5, 5.41) is 11.5. The minimum absolute atomic E-state index is 0.306. The van der Waals surface area contributed by atoms with Gasteiger partial charge in [0.05, 0.1) is 11.7 Å². The normalized spacial score (nSPS) is 10.8. The Morgan fingerprint density at radius 1 is 1.21 bits per heavy atom. The van der Waals surface area contributed by atoms with Gasteiger partial charge in [0.2, 0.25) is 0 Å². The molecular formula is C14H11ClFN3. The van der Waals surface area contributed by atoms with Gasteiger partial charge in [-0.3, -0.25) is 5.10 Å². The fourth-order valence-electron chi connectivity index (χ4n) is 2.01. The van der Waals surface area contributed by atoms with Crippen molar-refractivity contribution in [3.05, 3.63) is 59.0 Å². The van der Waals surface area contributed by atoms with Gasteiger partial charge in [-0.1, -0.05) is 23.7 Å². The highest BCUT2D eigenvalue weighted by Crippen LogP contribution is 2.24. The molecular weight excluding hydrogens is 265 g/mol. The molecule has 1 aromatic heterocycles. The molecule has 19 heavy (non-hydrogen) atoms. The molecule has 2 N–H and O–H groups in total. The van der Waals surface area contributed by atoms with Crippen LogP contribution in [0.3, 0.4) is 0 Å². The predicted molar refractivity (Wildman–Crippen MR) is 74.8 cm³/mol. The third-order valence-electron chi connectivity index (χ3n) is 3.00. The van der Waals surface area contributed by atoms with Crippen molar-refractivity contribution in [2.45, 2.75) is 6.54 Å². The van der Waals surface area contributed by atoms with E-state index in [-0.39, 0.29) is 5.82 Å². The fraction of sp³-hybridized carbons (Fsp3) is 0.0714. The number of hydrogen-bond donors (Lipinski definition) is 2. The van der Waals surface area contributed by atoms with Crippen LogP contribution in [-0.4, -0.2) is 10.2 Å². The average Bonchev–Trinajstić information content (AvgIpc) is 2.87. The van der Waals surface area contributed by atoms with Gasteiger partial charge in [-0.15, -0.1) is 0 Å². The zero-order valence-corrected chi connectivity index (χ0v) is 10.7. The highest BCUT2D eigenvalue weighted by molar-refractivity contribution is 6.31. The van der Waals surface area contributed by atoms with Crippen molar-refractivity contribution in [3.8, 4) is 0 Å². The van der Waals surface area contributed by atoms with Crippen LogP contribution in [-0.2, 0) is 6.54 Å². The Labute approximate surface area is 114 Å². The molecule has 0 amide bonds. The first-order valence-electron chi connectivity index (χ1n) is 5.84. The number of nitrogens with one attached hydrogen (secondary N) is 2. The summed E-state index contributed by atoms with van der Waals surface area (Å²) in [6, 6.07) is 10.4. The first-order valence-corrected chi connectivity index (χ1v) is 6.22. The number of rotatable bonds is 3. The molecule has 0 aliphatic heterocycles. The van der Waals surface area contributed by atoms with Gasteiger partial charge in [0.25, 0.3) is 0 Å². The van der Waals surface area contributed by atoms with Gasteiger partial charge in [0.1, 0.15) is 5.82 Å². The van der Waals surface area contributed by atoms with Crippen LogP contribution < -0.4 is 5.32 Å². The standard InChI is InChI=1S/C14H11ClFN3/c15-11-3-1-4-12(16)9(11)7-17-13-5-2-6-14-10(13)8-18-19-14/h1-6,8,17H,7H2,(H,18,19). The van der Waals surface area contributed by atoms with E-state index in [0.29, 0.717) is 17.1 Å². The first kappa shape index (κ1) is 12.0. The van der Waals surface area contributed by atoms with Crippen LogP contribution in [0.15, 0.2) is 42.6 Å². The van der Waals surface area contributed by atoms with E-state index < -0.39 is 0 Å². The van der Waals surface area contributed by atoms with Crippen LogP contribution in [0.5, 0.6) is 0 Å². The van der Waals surface area contributed by atoms with Crippen molar-refractivity contribution < 1.29 is 4.39 Å². The Kier molecular flexibility index (Phi) is 3.09. The molecule has 1 heterocycles. The van der Waals surface area contributed by atoms with Gasteiger partial charge < -0.3 is 5.32 Å². The fourth-order valence-corrected chi connectivity index (χ4v) is 2.24. The third-order valence-corrected chi connectivity index (χ3v) is 3.36. The number of halogens is 2. The van der Waals surface area contributed by atoms with E-state index in [2.05, 4.69) is 15.5 Å². The van der Waals surface area contributed by atoms with E-state index in [9.17, 15) is 4.39 Å². The van der Waals surface area contributed by atoms with Gasteiger partial charge in [-0.25, -0.2) is 4.39 Å². The minimum atomic E-state index is -0.306. The zero-order valence-electron chi connectivity index (χ0n) is 9.95. The van der Waals surface area contributed by atoms with E-state index in [0.717, 1.165) is 16.6 Å². The second kappa shape index (κ2) is 4.90. The highest BCUT2D eigenvalue weighted by atomic mass is 35.5. The molecule has 3 nitrogen and oxygen atoms in total. The maximum atomic E-state index is 13.7. The number of nitrogens with zero attached hydrogens (tertiary/aromatic N) is 1. The monoisotopic (exact) mass is 275 g/mol. The Hall–Kier alpha value is -2.07. The lowest BCUT2D eigenvalue weighted by Crippen LogP contribution is -2.02. The number of H-pyrrole nitrogens is 1. The largest absolute Gasteiger partial charge is 0.380 e. The molecule has 0 saturated carbocycles. The van der Waals surface area contributed by atoms with E-state index in [1.54, 1.807) is 18.3 Å². The summed E-state index contributed by atoms with van der Waals surface area (Å²) in [6.07, 6.45) is 1.74. The summed E-state index contributed by atoms with van der Waals surface area (Å²) in [7, 11) is 0. The van der Waals surface area contributed by atoms with Gasteiger partial charge in [-0.2, -0.15) is 5.10 Å². The first-order chi connectivity index (χ1) is 9.25. The molecule has 3 rings (SSSR count). The van der Waals surface area contributed by atoms with Crippen molar-refractivity contribution in [3.63, 3.8) is 0 Å². The summed E-state index contributed by atoms with van der Waals surface area (Å²) in [4.78, 5) is 0. The highest BCUT2D eigenvalue weighted by Gasteiger charge is 2.08. The van der Waals surface area contributed by atoms with Crippen molar-refractivity contribution in [2.75, 3.05) is 5.32 Å². The number of fused-ring (bicyclic) bond motifs is 1. The summed E-state index contributed by atoms with van der Waals surface area (Å²) in [5.74, 6) is -0.306. The van der Waals surface area contributed by atoms with Crippen LogP contribution >= 0.6 is 11.6 Å². The summed E-state index contributed by atoms with van der Waals surface area (Å²) >= 11 is 5.99. The van der Waals surface area contributed by atoms with Crippen molar-refractivity contribution in [2.24, 2.45) is 0 Å². The zero-order chi connectivity index (χ0) is 13.2. The molecule has 0 aliphatic carbocycles. The molecule has 0 radical (unpaired) electrons. The topological polar surface area (TPSA) is 40.7 Å². The molecule has 2 aromatic carbocycles. The quantitative estimate of drug-likeness (QED) is 0.759. The van der Waals surface area contributed by atoms with Crippen molar-refractivity contribution in [1.29, 1.82) is 0 Å². The molecule has 0 unspecified atom stereocenters. The maximum Gasteiger partial charge on any atom is 0.129 e. The minimum Gasteiger partial charge on any atom is -0.380 e. The number of aromatic amines is 1. The average molecular weight is 276 g/mol. The smallest absolute Gasteiger partial charge is 0.129 e. The Bertz CT molecular complexity index is 703. The van der Waals surface area contributed by atoms with Gasteiger partial charge in [0, 0.05) is 28.2 Å². The van der Waals surface area contributed by atoms with Crippen LogP contribution in [0.2, 0.25) is 5.02 Å². The van der Waals surface area contributed by atoms with Crippen molar-refractivity contribution in [1.82, 2.24) is 10.2 Å². The summed E-state index contributed by atoms with van der Waals surface area (Å²) in [6.45, 7) is 0.329. The van der Waals surface area contributed by atoms with Gasteiger partial charge in [0.15, 0.2) is 0 Å². The maximum absolute atomic E-state index is 13.7. The molecule has 0 spiro atoms. The Morgan fingerprint density at radius 2 is 2.05 bits per heavy atom. The van der Waals surface area contributed by atoms with E-state index >= 15 is 0 Å². The lowest BCUT2D eigenvalue weighted by atomic mass is 10.2. The van der Waals surface area contributed by atoms with Gasteiger partial charge >= 0.3 is 0 Å². The van der Waals surface area contributed by atoms with E-state index in [1.807, 2.05) is 18.2 Å². The number of aromatic nitrogens is 2. The molecule has 96 valence electrons. The molecule has 0 bridgehead atoms.